The standard InChI is InChI=1S/C20H24/c1-18(2)15-20(19(18,3)4,16-11-7-5-8-12-16)17-13-9-6-10-14-17/h5-14H,15H2,1-4H3. The van der Waals surface area contributed by atoms with Crippen molar-refractivity contribution in [1.82, 2.24) is 0 Å². The average molecular weight is 264 g/mol. The Morgan fingerprint density at radius 3 is 1.35 bits per heavy atom. The Balaban J connectivity index is 2.22. The van der Waals surface area contributed by atoms with Gasteiger partial charge in [0.15, 0.2) is 0 Å². The molecule has 0 atom stereocenters. The molecule has 104 valence electrons. The fraction of sp³-hybridized carbons (Fsp3) is 0.400. The van der Waals surface area contributed by atoms with Gasteiger partial charge in [-0.2, -0.15) is 0 Å². The van der Waals surface area contributed by atoms with E-state index in [0.29, 0.717) is 5.41 Å². The minimum Gasteiger partial charge on any atom is -0.0622 e. The summed E-state index contributed by atoms with van der Waals surface area (Å²) >= 11 is 0. The molecule has 3 rings (SSSR count). The van der Waals surface area contributed by atoms with Crippen molar-refractivity contribution in [2.75, 3.05) is 0 Å². The molecule has 0 radical (unpaired) electrons. The van der Waals surface area contributed by atoms with Crippen LogP contribution in [0, 0.1) is 10.8 Å². The van der Waals surface area contributed by atoms with E-state index in [2.05, 4.69) is 88.4 Å². The van der Waals surface area contributed by atoms with Crippen LogP contribution in [0.5, 0.6) is 0 Å². The predicted molar refractivity (Wildman–Crippen MR) is 85.8 cm³/mol. The van der Waals surface area contributed by atoms with Gasteiger partial charge in [-0.1, -0.05) is 88.4 Å². The largest absolute Gasteiger partial charge is 0.0622 e. The first-order valence-corrected chi connectivity index (χ1v) is 7.53. The Morgan fingerprint density at radius 2 is 1.05 bits per heavy atom. The van der Waals surface area contributed by atoms with Crippen molar-refractivity contribution in [2.24, 2.45) is 10.8 Å². The Morgan fingerprint density at radius 1 is 0.650 bits per heavy atom. The molecule has 0 bridgehead atoms. The van der Waals surface area contributed by atoms with Crippen molar-refractivity contribution in [2.45, 2.75) is 39.5 Å². The maximum atomic E-state index is 2.43. The van der Waals surface area contributed by atoms with Gasteiger partial charge in [0.05, 0.1) is 0 Å². The Labute approximate surface area is 122 Å². The van der Waals surface area contributed by atoms with Crippen LogP contribution in [0.4, 0.5) is 0 Å². The second kappa shape index (κ2) is 4.22. The molecule has 2 aromatic carbocycles. The van der Waals surface area contributed by atoms with E-state index >= 15 is 0 Å². The quantitative estimate of drug-likeness (QED) is 0.678. The summed E-state index contributed by atoms with van der Waals surface area (Å²) in [5.74, 6) is 0. The lowest BCUT2D eigenvalue weighted by molar-refractivity contribution is -0.100. The van der Waals surface area contributed by atoms with Gasteiger partial charge in [-0.3, -0.25) is 0 Å². The summed E-state index contributed by atoms with van der Waals surface area (Å²) in [4.78, 5) is 0. The molecule has 0 N–H and O–H groups in total. The highest BCUT2D eigenvalue weighted by molar-refractivity contribution is 5.47. The van der Waals surface area contributed by atoms with Crippen LogP contribution >= 0.6 is 0 Å². The summed E-state index contributed by atoms with van der Waals surface area (Å²) in [6.07, 6.45) is 1.21. The fourth-order valence-electron chi connectivity index (χ4n) is 4.11. The second-order valence-corrected chi connectivity index (χ2v) is 7.32. The third-order valence-corrected chi connectivity index (χ3v) is 6.00. The molecule has 0 aliphatic heterocycles. The zero-order valence-corrected chi connectivity index (χ0v) is 13.0. The molecule has 0 heteroatoms. The van der Waals surface area contributed by atoms with E-state index in [-0.39, 0.29) is 10.8 Å². The summed E-state index contributed by atoms with van der Waals surface area (Å²) in [5.41, 5.74) is 3.64. The maximum Gasteiger partial charge on any atom is 0.0264 e. The summed E-state index contributed by atoms with van der Waals surface area (Å²) in [6.45, 7) is 9.65. The van der Waals surface area contributed by atoms with Gasteiger partial charge in [-0.25, -0.2) is 0 Å². The molecule has 0 amide bonds. The molecule has 0 spiro atoms. The van der Waals surface area contributed by atoms with Gasteiger partial charge in [0.2, 0.25) is 0 Å². The van der Waals surface area contributed by atoms with Gasteiger partial charge < -0.3 is 0 Å². The molecular weight excluding hydrogens is 240 g/mol. The smallest absolute Gasteiger partial charge is 0.0264 e. The first-order chi connectivity index (χ1) is 9.42. The second-order valence-electron chi connectivity index (χ2n) is 7.32. The van der Waals surface area contributed by atoms with Crippen LogP contribution < -0.4 is 0 Å². The van der Waals surface area contributed by atoms with E-state index in [9.17, 15) is 0 Å². The first-order valence-electron chi connectivity index (χ1n) is 7.53. The van der Waals surface area contributed by atoms with Crippen molar-refractivity contribution < 1.29 is 0 Å². The van der Waals surface area contributed by atoms with E-state index in [1.165, 1.54) is 17.5 Å². The minimum absolute atomic E-state index is 0.138. The highest BCUT2D eigenvalue weighted by Gasteiger charge is 2.65. The molecular formula is C20H24. The van der Waals surface area contributed by atoms with Crippen LogP contribution in [0.2, 0.25) is 0 Å². The van der Waals surface area contributed by atoms with E-state index in [1.54, 1.807) is 0 Å². The molecule has 0 unspecified atom stereocenters. The molecule has 1 saturated carbocycles. The van der Waals surface area contributed by atoms with Crippen molar-refractivity contribution in [1.29, 1.82) is 0 Å². The lowest BCUT2D eigenvalue weighted by Crippen LogP contribution is -2.63. The molecule has 2 aromatic rings. The first kappa shape index (κ1) is 13.4. The third-order valence-electron chi connectivity index (χ3n) is 6.00. The van der Waals surface area contributed by atoms with Crippen LogP contribution in [0.15, 0.2) is 60.7 Å². The van der Waals surface area contributed by atoms with Crippen LogP contribution in [0.25, 0.3) is 0 Å². The topological polar surface area (TPSA) is 0 Å². The van der Waals surface area contributed by atoms with Crippen molar-refractivity contribution in [3.05, 3.63) is 71.8 Å². The van der Waals surface area contributed by atoms with E-state index < -0.39 is 0 Å². The van der Waals surface area contributed by atoms with Gasteiger partial charge >= 0.3 is 0 Å². The predicted octanol–water partition coefficient (Wildman–Crippen LogP) is 5.43. The lowest BCUT2D eigenvalue weighted by Gasteiger charge is -2.68. The molecule has 0 saturated heterocycles. The van der Waals surface area contributed by atoms with Crippen LogP contribution in [-0.2, 0) is 5.41 Å². The fourth-order valence-corrected chi connectivity index (χ4v) is 4.11. The number of rotatable bonds is 2. The minimum atomic E-state index is 0.138. The summed E-state index contributed by atoms with van der Waals surface area (Å²) < 4.78 is 0. The van der Waals surface area contributed by atoms with Gasteiger partial charge in [0.1, 0.15) is 0 Å². The zero-order valence-electron chi connectivity index (χ0n) is 13.0. The van der Waals surface area contributed by atoms with E-state index in [4.69, 9.17) is 0 Å². The lowest BCUT2D eigenvalue weighted by atomic mass is 9.35. The van der Waals surface area contributed by atoms with Crippen LogP contribution in [0.3, 0.4) is 0 Å². The normalized spacial score (nSPS) is 22.0. The summed E-state index contributed by atoms with van der Waals surface area (Å²) in [5, 5.41) is 0. The van der Waals surface area contributed by atoms with Crippen molar-refractivity contribution in [3.8, 4) is 0 Å². The third kappa shape index (κ3) is 1.54. The molecule has 1 aliphatic rings. The van der Waals surface area contributed by atoms with Gasteiger partial charge in [-0.15, -0.1) is 0 Å². The molecule has 0 heterocycles. The van der Waals surface area contributed by atoms with Crippen LogP contribution in [0.1, 0.15) is 45.2 Å². The number of hydrogen-bond donors (Lipinski definition) is 0. The van der Waals surface area contributed by atoms with Crippen LogP contribution in [-0.4, -0.2) is 0 Å². The van der Waals surface area contributed by atoms with E-state index in [0.717, 1.165) is 0 Å². The molecule has 20 heavy (non-hydrogen) atoms. The molecule has 0 aromatic heterocycles. The zero-order chi connectivity index (χ0) is 14.4. The Bertz CT molecular complexity index is 551. The summed E-state index contributed by atoms with van der Waals surface area (Å²) in [6, 6.07) is 22.1. The highest BCUT2D eigenvalue weighted by atomic mass is 14.7. The molecule has 0 nitrogen and oxygen atoms in total. The van der Waals surface area contributed by atoms with Crippen molar-refractivity contribution >= 4 is 0 Å². The van der Waals surface area contributed by atoms with E-state index in [1.807, 2.05) is 0 Å². The molecule has 1 aliphatic carbocycles. The number of benzene rings is 2. The van der Waals surface area contributed by atoms with Gasteiger partial charge in [0.25, 0.3) is 0 Å². The maximum absolute atomic E-state index is 2.43. The van der Waals surface area contributed by atoms with Crippen molar-refractivity contribution in [3.63, 3.8) is 0 Å². The Hall–Kier alpha value is -1.56. The summed E-state index contributed by atoms with van der Waals surface area (Å²) in [7, 11) is 0. The molecule has 1 fully saturated rings. The average Bonchev–Trinajstić information content (AvgIpc) is 2.46. The van der Waals surface area contributed by atoms with Gasteiger partial charge in [-0.05, 0) is 28.4 Å². The Kier molecular flexibility index (Phi) is 2.83. The number of hydrogen-bond acceptors (Lipinski definition) is 0. The highest BCUT2D eigenvalue weighted by Crippen LogP contribution is 2.70. The monoisotopic (exact) mass is 264 g/mol. The SMILES string of the molecule is CC1(C)CC(c2ccccc2)(c2ccccc2)C1(C)C. The van der Waals surface area contributed by atoms with Gasteiger partial charge in [0, 0.05) is 5.41 Å².